The van der Waals surface area contributed by atoms with Gasteiger partial charge in [-0.2, -0.15) is 15.4 Å². The highest BCUT2D eigenvalue weighted by Crippen LogP contribution is 2.22. The number of para-hydroxylation sites is 1. The van der Waals surface area contributed by atoms with Gasteiger partial charge >= 0.3 is 0 Å². The summed E-state index contributed by atoms with van der Waals surface area (Å²) in [6.45, 7) is 0. The molecule has 0 aliphatic carbocycles. The van der Waals surface area contributed by atoms with Crippen LogP contribution in [0.1, 0.15) is 17.3 Å². The van der Waals surface area contributed by atoms with Gasteiger partial charge in [-0.3, -0.25) is 0 Å². The summed E-state index contributed by atoms with van der Waals surface area (Å²) in [6, 6.07) is 7.65. The molecule has 2 rings (SSSR count). The Kier molecular flexibility index (Phi) is 3.16. The largest absolute Gasteiger partial charge is 0.496 e. The van der Waals surface area contributed by atoms with E-state index in [-0.39, 0.29) is 6.04 Å². The first-order valence-corrected chi connectivity index (χ1v) is 5.04. The number of nitrogens with one attached hydrogen (secondary N) is 1. The number of ether oxygens (including phenoxy) is 1. The molecule has 0 fully saturated rings. The third-order valence-corrected chi connectivity index (χ3v) is 2.45. The number of nitrogens with two attached hydrogens (primary N) is 1. The molecule has 2 aromatic rings. The standard InChI is InChI=1S/C11H14N4O/c1-16-11-5-3-2-4-8(11)6-9(12)10-7-13-15-14-10/h2-5,7,9H,6,12H2,1H3,(H,13,14,15). The first-order valence-electron chi connectivity index (χ1n) is 5.04. The molecule has 3 N–H and O–H groups in total. The van der Waals surface area contributed by atoms with Crippen molar-refractivity contribution >= 4 is 0 Å². The first kappa shape index (κ1) is 10.6. The van der Waals surface area contributed by atoms with Crippen molar-refractivity contribution in [3.63, 3.8) is 0 Å². The number of nitrogens with zero attached hydrogens (tertiary/aromatic N) is 2. The van der Waals surface area contributed by atoms with Crippen LogP contribution >= 0.6 is 0 Å². The van der Waals surface area contributed by atoms with Crippen molar-refractivity contribution < 1.29 is 4.74 Å². The Hall–Kier alpha value is -1.88. The summed E-state index contributed by atoms with van der Waals surface area (Å²) in [4.78, 5) is 0. The summed E-state index contributed by atoms with van der Waals surface area (Å²) in [5.41, 5.74) is 7.84. The van der Waals surface area contributed by atoms with E-state index in [0.29, 0.717) is 6.42 Å². The number of H-pyrrole nitrogens is 1. The number of benzene rings is 1. The van der Waals surface area contributed by atoms with Gasteiger partial charge in [0.25, 0.3) is 0 Å². The quantitative estimate of drug-likeness (QED) is 0.804. The van der Waals surface area contributed by atoms with Crippen LogP contribution in [0.4, 0.5) is 0 Å². The molecule has 5 heteroatoms. The van der Waals surface area contributed by atoms with Gasteiger partial charge in [-0.1, -0.05) is 18.2 Å². The molecule has 1 aromatic heterocycles. The van der Waals surface area contributed by atoms with E-state index in [4.69, 9.17) is 10.5 Å². The average Bonchev–Trinajstić information content (AvgIpc) is 2.83. The van der Waals surface area contributed by atoms with E-state index in [9.17, 15) is 0 Å². The van der Waals surface area contributed by atoms with Crippen molar-refractivity contribution in [1.82, 2.24) is 15.4 Å². The van der Waals surface area contributed by atoms with Gasteiger partial charge in [-0.25, -0.2) is 0 Å². The SMILES string of the molecule is COc1ccccc1CC(N)c1cn[nH]n1. The van der Waals surface area contributed by atoms with E-state index in [2.05, 4.69) is 15.4 Å². The van der Waals surface area contributed by atoms with E-state index in [0.717, 1.165) is 17.0 Å². The molecule has 0 amide bonds. The minimum atomic E-state index is -0.171. The molecule has 0 radical (unpaired) electrons. The van der Waals surface area contributed by atoms with Crippen LogP contribution < -0.4 is 10.5 Å². The summed E-state index contributed by atoms with van der Waals surface area (Å²) >= 11 is 0. The normalized spacial score (nSPS) is 12.4. The Morgan fingerprint density at radius 1 is 1.44 bits per heavy atom. The van der Waals surface area contributed by atoms with Crippen LogP contribution in [0.25, 0.3) is 0 Å². The lowest BCUT2D eigenvalue weighted by Crippen LogP contribution is -2.14. The third-order valence-electron chi connectivity index (χ3n) is 2.45. The van der Waals surface area contributed by atoms with E-state index >= 15 is 0 Å². The van der Waals surface area contributed by atoms with Crippen molar-refractivity contribution in [2.45, 2.75) is 12.5 Å². The second-order valence-corrected chi connectivity index (χ2v) is 3.52. The predicted molar refractivity (Wildman–Crippen MR) is 60.0 cm³/mol. The Bertz CT molecular complexity index is 441. The van der Waals surface area contributed by atoms with E-state index in [1.54, 1.807) is 13.3 Å². The van der Waals surface area contributed by atoms with Crippen molar-refractivity contribution in [3.8, 4) is 5.75 Å². The van der Waals surface area contributed by atoms with Crippen LogP contribution in [0.3, 0.4) is 0 Å². The fourth-order valence-corrected chi connectivity index (χ4v) is 1.60. The van der Waals surface area contributed by atoms with Crippen LogP contribution in [0, 0.1) is 0 Å². The maximum absolute atomic E-state index is 6.02. The number of methoxy groups -OCH3 is 1. The second kappa shape index (κ2) is 4.76. The predicted octanol–water partition coefficient (Wildman–Crippen LogP) is 1.06. The van der Waals surface area contributed by atoms with Crippen molar-refractivity contribution in [2.24, 2.45) is 5.73 Å². The minimum Gasteiger partial charge on any atom is -0.496 e. The molecule has 0 aliphatic heterocycles. The van der Waals surface area contributed by atoms with Crippen LogP contribution in [0.2, 0.25) is 0 Å². The molecule has 1 unspecified atom stereocenters. The van der Waals surface area contributed by atoms with Gasteiger partial charge in [0.1, 0.15) is 5.75 Å². The fourth-order valence-electron chi connectivity index (χ4n) is 1.60. The van der Waals surface area contributed by atoms with Gasteiger partial charge < -0.3 is 10.5 Å². The molecule has 84 valence electrons. The van der Waals surface area contributed by atoms with Gasteiger partial charge in [0, 0.05) is 0 Å². The van der Waals surface area contributed by atoms with Gasteiger partial charge in [-0.15, -0.1) is 0 Å². The zero-order chi connectivity index (χ0) is 11.4. The molecule has 1 heterocycles. The maximum Gasteiger partial charge on any atom is 0.122 e. The summed E-state index contributed by atoms with van der Waals surface area (Å²) in [5, 5.41) is 10.3. The topological polar surface area (TPSA) is 76.8 Å². The average molecular weight is 218 g/mol. The molecule has 0 spiro atoms. The highest BCUT2D eigenvalue weighted by atomic mass is 16.5. The fraction of sp³-hybridized carbons (Fsp3) is 0.273. The zero-order valence-electron chi connectivity index (χ0n) is 9.05. The van der Waals surface area contributed by atoms with Gasteiger partial charge in [0.2, 0.25) is 0 Å². The summed E-state index contributed by atoms with van der Waals surface area (Å²) in [5.74, 6) is 0.849. The Balaban J connectivity index is 2.14. The van der Waals surface area contributed by atoms with Gasteiger partial charge in [0.05, 0.1) is 25.0 Å². The molecule has 0 saturated carbocycles. The number of aromatic amines is 1. The van der Waals surface area contributed by atoms with E-state index in [1.165, 1.54) is 0 Å². The molecule has 1 atom stereocenters. The number of hydrogen-bond acceptors (Lipinski definition) is 4. The summed E-state index contributed by atoms with van der Waals surface area (Å²) in [6.07, 6.45) is 2.32. The van der Waals surface area contributed by atoms with Crippen LogP contribution in [-0.2, 0) is 6.42 Å². The van der Waals surface area contributed by atoms with E-state index in [1.807, 2.05) is 24.3 Å². The highest BCUT2D eigenvalue weighted by Gasteiger charge is 2.12. The van der Waals surface area contributed by atoms with Crippen LogP contribution in [-0.4, -0.2) is 22.5 Å². The zero-order valence-corrected chi connectivity index (χ0v) is 9.05. The third kappa shape index (κ3) is 2.20. The van der Waals surface area contributed by atoms with Crippen LogP contribution in [0.5, 0.6) is 5.75 Å². The minimum absolute atomic E-state index is 0.171. The van der Waals surface area contributed by atoms with E-state index < -0.39 is 0 Å². The van der Waals surface area contributed by atoms with Crippen molar-refractivity contribution in [1.29, 1.82) is 0 Å². The lowest BCUT2D eigenvalue weighted by atomic mass is 10.0. The molecule has 16 heavy (non-hydrogen) atoms. The monoisotopic (exact) mass is 218 g/mol. The first-order chi connectivity index (χ1) is 7.81. The summed E-state index contributed by atoms with van der Waals surface area (Å²) < 4.78 is 5.26. The molecule has 0 saturated heterocycles. The lowest BCUT2D eigenvalue weighted by Gasteiger charge is -2.11. The van der Waals surface area contributed by atoms with Crippen molar-refractivity contribution in [2.75, 3.05) is 7.11 Å². The Morgan fingerprint density at radius 2 is 2.25 bits per heavy atom. The number of hydrogen-bond donors (Lipinski definition) is 2. The lowest BCUT2D eigenvalue weighted by molar-refractivity contribution is 0.408. The Labute approximate surface area is 93.6 Å². The number of aromatic nitrogens is 3. The van der Waals surface area contributed by atoms with Gasteiger partial charge in [-0.05, 0) is 18.1 Å². The summed E-state index contributed by atoms with van der Waals surface area (Å²) in [7, 11) is 1.65. The molecule has 0 aliphatic rings. The molecule has 5 nitrogen and oxygen atoms in total. The Morgan fingerprint density at radius 3 is 2.94 bits per heavy atom. The van der Waals surface area contributed by atoms with Gasteiger partial charge in [0.15, 0.2) is 0 Å². The molecule has 1 aromatic carbocycles. The maximum atomic E-state index is 6.02. The molecule has 0 bridgehead atoms. The van der Waals surface area contributed by atoms with Crippen LogP contribution in [0.15, 0.2) is 30.5 Å². The number of rotatable bonds is 4. The van der Waals surface area contributed by atoms with Crippen molar-refractivity contribution in [3.05, 3.63) is 41.7 Å². The molecular weight excluding hydrogens is 204 g/mol. The molecular formula is C11H14N4O. The smallest absolute Gasteiger partial charge is 0.122 e. The highest BCUT2D eigenvalue weighted by molar-refractivity contribution is 5.34. The second-order valence-electron chi connectivity index (χ2n) is 3.52.